The Labute approximate surface area is 202 Å². The summed E-state index contributed by atoms with van der Waals surface area (Å²) in [6, 6.07) is 12.5. The number of nitrogens with one attached hydrogen (secondary N) is 1. The van der Waals surface area contributed by atoms with E-state index in [1.165, 1.54) is 47.2 Å². The summed E-state index contributed by atoms with van der Waals surface area (Å²) in [5, 5.41) is 16.6. The Balaban J connectivity index is 1.62. The Morgan fingerprint density at radius 2 is 1.79 bits per heavy atom. The zero-order valence-corrected chi connectivity index (χ0v) is 18.8. The van der Waals surface area contributed by atoms with E-state index in [9.17, 15) is 14.0 Å². The van der Waals surface area contributed by atoms with Crippen molar-refractivity contribution in [2.45, 2.75) is 6.54 Å². The molecule has 11 heteroatoms. The van der Waals surface area contributed by atoms with Gasteiger partial charge in [-0.05, 0) is 35.9 Å². The molecule has 0 atom stereocenters. The maximum Gasteiger partial charge on any atom is 0.347 e. The second kappa shape index (κ2) is 9.39. The van der Waals surface area contributed by atoms with Crippen LogP contribution in [0.5, 0.6) is 11.5 Å². The Bertz CT molecular complexity index is 1420. The zero-order valence-electron chi connectivity index (χ0n) is 17.3. The molecule has 2 aromatic carbocycles. The van der Waals surface area contributed by atoms with Crippen LogP contribution in [0.25, 0.3) is 0 Å². The first-order valence-corrected chi connectivity index (χ1v) is 10.4. The van der Waals surface area contributed by atoms with Crippen LogP contribution >= 0.6 is 23.2 Å². The van der Waals surface area contributed by atoms with Gasteiger partial charge in [0.25, 0.3) is 5.56 Å². The van der Waals surface area contributed by atoms with Crippen LogP contribution in [0.2, 0.25) is 10.0 Å². The third-order valence-corrected chi connectivity index (χ3v) is 5.27. The van der Waals surface area contributed by atoms with Crippen molar-refractivity contribution in [2.75, 3.05) is 5.01 Å². The van der Waals surface area contributed by atoms with E-state index in [2.05, 4.69) is 17.0 Å². The van der Waals surface area contributed by atoms with Crippen LogP contribution in [-0.4, -0.2) is 16.3 Å². The number of benzene rings is 2. The number of rotatable bonds is 5. The standard InChI is InChI=1S/C23H14Cl2FN5O3/c1-13-20(10-27)29-31(23(33)28-13)16-8-18(24)22(19(25)9-16)34-17-6-7-21(32)30(12-17)11-14-2-4-15(26)5-3-14/h2-9,12H,1,11H2,(H,28,33). The Morgan fingerprint density at radius 1 is 1.12 bits per heavy atom. The van der Waals surface area contributed by atoms with Crippen molar-refractivity contribution in [3.05, 3.63) is 98.8 Å². The van der Waals surface area contributed by atoms with E-state index in [1.54, 1.807) is 12.1 Å². The smallest absolute Gasteiger partial charge is 0.347 e. The van der Waals surface area contributed by atoms with Crippen LogP contribution in [0, 0.1) is 17.1 Å². The van der Waals surface area contributed by atoms with Crippen molar-refractivity contribution in [3.63, 3.8) is 0 Å². The maximum absolute atomic E-state index is 13.1. The summed E-state index contributed by atoms with van der Waals surface area (Å²) in [6.07, 6.45) is 1.47. The Hall–Kier alpha value is -4.13. The third-order valence-electron chi connectivity index (χ3n) is 4.71. The number of urea groups is 1. The topological polar surface area (TPSA) is 99.7 Å². The van der Waals surface area contributed by atoms with E-state index in [4.69, 9.17) is 33.2 Å². The number of nitriles is 1. The van der Waals surface area contributed by atoms with E-state index in [1.807, 2.05) is 6.07 Å². The Morgan fingerprint density at radius 3 is 2.44 bits per heavy atom. The number of ether oxygens (including phenoxy) is 1. The van der Waals surface area contributed by atoms with Gasteiger partial charge in [-0.2, -0.15) is 15.4 Å². The first-order valence-electron chi connectivity index (χ1n) is 9.66. The highest BCUT2D eigenvalue weighted by Gasteiger charge is 2.26. The minimum Gasteiger partial charge on any atom is -0.453 e. The lowest BCUT2D eigenvalue weighted by atomic mass is 10.2. The first-order chi connectivity index (χ1) is 16.2. The number of hydrogen-bond donors (Lipinski definition) is 1. The molecule has 3 aromatic rings. The predicted octanol–water partition coefficient (Wildman–Crippen LogP) is 5.06. The largest absolute Gasteiger partial charge is 0.453 e. The summed E-state index contributed by atoms with van der Waals surface area (Å²) in [5.41, 5.74) is 0.641. The molecule has 2 amide bonds. The molecule has 0 radical (unpaired) electrons. The van der Waals surface area contributed by atoms with Gasteiger partial charge in [-0.25, -0.2) is 9.18 Å². The second-order valence-electron chi connectivity index (χ2n) is 7.08. The van der Waals surface area contributed by atoms with E-state index in [0.717, 1.165) is 10.6 Å². The number of amides is 2. The molecule has 0 aliphatic carbocycles. The van der Waals surface area contributed by atoms with Crippen LogP contribution in [0.4, 0.5) is 14.9 Å². The summed E-state index contributed by atoms with van der Waals surface area (Å²) in [5.74, 6) is -0.0112. The SMILES string of the molecule is C=C1NC(=O)N(c2cc(Cl)c(Oc3ccc(=O)n(Cc4ccc(F)cc4)c3)c(Cl)c2)N=C1C#N. The van der Waals surface area contributed by atoms with Gasteiger partial charge in [-0.3, -0.25) is 4.79 Å². The molecule has 34 heavy (non-hydrogen) atoms. The van der Waals surface area contributed by atoms with E-state index < -0.39 is 6.03 Å². The fourth-order valence-electron chi connectivity index (χ4n) is 3.08. The van der Waals surface area contributed by atoms with Gasteiger partial charge >= 0.3 is 6.03 Å². The lowest BCUT2D eigenvalue weighted by molar-refractivity contribution is 0.248. The normalized spacial score (nSPS) is 13.2. The molecule has 1 aromatic heterocycles. The molecular weight excluding hydrogens is 484 g/mol. The van der Waals surface area contributed by atoms with Crippen LogP contribution in [0.15, 0.2) is 76.9 Å². The van der Waals surface area contributed by atoms with Gasteiger partial charge < -0.3 is 14.6 Å². The average Bonchev–Trinajstić information content (AvgIpc) is 2.80. The highest BCUT2D eigenvalue weighted by Crippen LogP contribution is 2.40. The molecule has 1 aliphatic heterocycles. The van der Waals surface area contributed by atoms with Gasteiger partial charge in [0.05, 0.1) is 34.2 Å². The van der Waals surface area contributed by atoms with Gasteiger partial charge in [0.15, 0.2) is 11.5 Å². The molecule has 0 saturated heterocycles. The molecule has 4 rings (SSSR count). The second-order valence-corrected chi connectivity index (χ2v) is 7.89. The minimum absolute atomic E-state index is 0.0599. The highest BCUT2D eigenvalue weighted by molar-refractivity contribution is 6.37. The summed E-state index contributed by atoms with van der Waals surface area (Å²) < 4.78 is 20.4. The van der Waals surface area contributed by atoms with Crippen molar-refractivity contribution in [1.82, 2.24) is 9.88 Å². The number of aromatic nitrogens is 1. The lowest BCUT2D eigenvalue weighted by Crippen LogP contribution is -2.42. The van der Waals surface area contributed by atoms with Crippen molar-refractivity contribution in [3.8, 4) is 17.6 Å². The average molecular weight is 498 g/mol. The Kier molecular flexibility index (Phi) is 6.36. The third kappa shape index (κ3) is 4.78. The molecule has 2 heterocycles. The zero-order chi connectivity index (χ0) is 24.4. The van der Waals surface area contributed by atoms with Gasteiger partial charge in [-0.15, -0.1) is 0 Å². The number of halogens is 3. The van der Waals surface area contributed by atoms with E-state index >= 15 is 0 Å². The van der Waals surface area contributed by atoms with Crippen LogP contribution in [0.3, 0.4) is 0 Å². The number of nitrogens with zero attached hydrogens (tertiary/aromatic N) is 4. The molecule has 0 spiro atoms. The minimum atomic E-state index is -0.641. The molecule has 0 fully saturated rings. The number of allylic oxidation sites excluding steroid dienone is 1. The molecule has 0 bridgehead atoms. The number of pyridine rings is 1. The number of hydrogen-bond acceptors (Lipinski definition) is 5. The summed E-state index contributed by atoms with van der Waals surface area (Å²) >= 11 is 12.7. The number of anilines is 1. The van der Waals surface area contributed by atoms with Crippen molar-refractivity contribution >= 4 is 40.6 Å². The number of carbonyl (C=O) groups excluding carboxylic acids is 1. The van der Waals surface area contributed by atoms with Gasteiger partial charge in [0.1, 0.15) is 17.6 Å². The van der Waals surface area contributed by atoms with Crippen LogP contribution in [0.1, 0.15) is 5.56 Å². The fourth-order valence-corrected chi connectivity index (χ4v) is 3.63. The van der Waals surface area contributed by atoms with Crippen LogP contribution in [-0.2, 0) is 6.54 Å². The van der Waals surface area contributed by atoms with Gasteiger partial charge in [0.2, 0.25) is 0 Å². The summed E-state index contributed by atoms with van der Waals surface area (Å²) in [7, 11) is 0. The first kappa shape index (κ1) is 23.0. The highest BCUT2D eigenvalue weighted by atomic mass is 35.5. The predicted molar refractivity (Wildman–Crippen MR) is 126 cm³/mol. The monoisotopic (exact) mass is 497 g/mol. The van der Waals surface area contributed by atoms with Crippen molar-refractivity contribution < 1.29 is 13.9 Å². The molecule has 0 saturated carbocycles. The van der Waals surface area contributed by atoms with Crippen molar-refractivity contribution in [1.29, 1.82) is 5.26 Å². The fraction of sp³-hybridized carbons (Fsp3) is 0.0435. The molecule has 170 valence electrons. The van der Waals surface area contributed by atoms with Crippen LogP contribution < -0.4 is 20.6 Å². The maximum atomic E-state index is 13.1. The molecular formula is C23H14Cl2FN5O3. The summed E-state index contributed by atoms with van der Waals surface area (Å²) in [6.45, 7) is 3.76. The number of hydrazone groups is 1. The molecule has 1 aliphatic rings. The van der Waals surface area contributed by atoms with Gasteiger partial charge in [0, 0.05) is 6.07 Å². The quantitative estimate of drug-likeness (QED) is 0.532. The lowest BCUT2D eigenvalue weighted by Gasteiger charge is -2.24. The van der Waals surface area contributed by atoms with Crippen molar-refractivity contribution in [2.24, 2.45) is 5.10 Å². The molecule has 8 nitrogen and oxygen atoms in total. The van der Waals surface area contributed by atoms with Gasteiger partial charge in [-0.1, -0.05) is 41.9 Å². The van der Waals surface area contributed by atoms with E-state index in [0.29, 0.717) is 0 Å². The molecule has 1 N–H and O–H groups in total. The van der Waals surface area contributed by atoms with E-state index in [-0.39, 0.29) is 56.6 Å². The number of carbonyl (C=O) groups is 1. The molecule has 0 unspecified atom stereocenters. The summed E-state index contributed by atoms with van der Waals surface area (Å²) in [4.78, 5) is 24.5.